The molecule has 18 heavy (non-hydrogen) atoms. The molecule has 0 aliphatic heterocycles. The third-order valence-electron chi connectivity index (χ3n) is 2.49. The minimum Gasteiger partial charge on any atom is -0.287 e. The second-order valence-corrected chi connectivity index (χ2v) is 3.62. The molecule has 0 N–H and O–H groups in total. The van der Waals surface area contributed by atoms with Crippen LogP contribution in [0.4, 0.5) is 13.2 Å². The average molecular weight is 254 g/mol. The van der Waals surface area contributed by atoms with Gasteiger partial charge in [-0.2, -0.15) is 5.10 Å². The van der Waals surface area contributed by atoms with E-state index in [9.17, 15) is 18.0 Å². The zero-order valence-electron chi connectivity index (χ0n) is 9.45. The maximum absolute atomic E-state index is 13.0. The number of ketones is 1. The highest BCUT2D eigenvalue weighted by atomic mass is 19.2. The van der Waals surface area contributed by atoms with Gasteiger partial charge in [0.1, 0.15) is 5.69 Å². The van der Waals surface area contributed by atoms with Crippen LogP contribution in [0.5, 0.6) is 0 Å². The number of benzene rings is 1. The van der Waals surface area contributed by atoms with Crippen molar-refractivity contribution in [3.63, 3.8) is 0 Å². The monoisotopic (exact) mass is 254 g/mol. The number of nitrogens with zero attached hydrogens (tertiary/aromatic N) is 2. The lowest BCUT2D eigenvalue weighted by molar-refractivity contribution is 0.102. The minimum absolute atomic E-state index is 0.197. The van der Waals surface area contributed by atoms with Crippen molar-refractivity contribution >= 4 is 5.78 Å². The quantitative estimate of drug-likeness (QED) is 0.623. The molecule has 0 unspecified atom stereocenters. The van der Waals surface area contributed by atoms with Crippen LogP contribution in [0.1, 0.15) is 23.0 Å². The molecule has 0 bridgehead atoms. The van der Waals surface area contributed by atoms with Gasteiger partial charge < -0.3 is 0 Å². The summed E-state index contributed by atoms with van der Waals surface area (Å²) in [4.78, 5) is 12.0. The number of halogens is 3. The van der Waals surface area contributed by atoms with Gasteiger partial charge in [-0.3, -0.25) is 9.48 Å². The van der Waals surface area contributed by atoms with Crippen molar-refractivity contribution in [2.24, 2.45) is 0 Å². The first-order valence-electron chi connectivity index (χ1n) is 5.25. The van der Waals surface area contributed by atoms with Crippen molar-refractivity contribution in [2.45, 2.75) is 13.5 Å². The largest absolute Gasteiger partial charge is 0.287 e. The van der Waals surface area contributed by atoms with Gasteiger partial charge in [-0.1, -0.05) is 0 Å². The third-order valence-corrected chi connectivity index (χ3v) is 2.49. The number of hydrogen-bond donors (Lipinski definition) is 0. The van der Waals surface area contributed by atoms with Crippen molar-refractivity contribution < 1.29 is 18.0 Å². The lowest BCUT2D eigenvalue weighted by atomic mass is 10.1. The second kappa shape index (κ2) is 4.64. The van der Waals surface area contributed by atoms with Crippen LogP contribution >= 0.6 is 0 Å². The summed E-state index contributed by atoms with van der Waals surface area (Å²) in [5.41, 5.74) is -0.0514. The van der Waals surface area contributed by atoms with E-state index in [1.807, 2.05) is 0 Å². The summed E-state index contributed by atoms with van der Waals surface area (Å²) >= 11 is 0. The van der Waals surface area contributed by atoms with E-state index in [4.69, 9.17) is 0 Å². The second-order valence-electron chi connectivity index (χ2n) is 3.62. The Labute approximate surface area is 101 Å². The van der Waals surface area contributed by atoms with Crippen molar-refractivity contribution in [3.05, 3.63) is 53.1 Å². The summed E-state index contributed by atoms with van der Waals surface area (Å²) < 4.78 is 40.2. The first-order valence-corrected chi connectivity index (χ1v) is 5.25. The van der Waals surface area contributed by atoms with Crippen LogP contribution in [-0.4, -0.2) is 15.6 Å². The van der Waals surface area contributed by atoms with Crippen molar-refractivity contribution in [1.82, 2.24) is 9.78 Å². The van der Waals surface area contributed by atoms with Crippen molar-refractivity contribution in [3.8, 4) is 0 Å². The van der Waals surface area contributed by atoms with E-state index in [0.29, 0.717) is 18.7 Å². The highest BCUT2D eigenvalue weighted by Crippen LogP contribution is 2.16. The van der Waals surface area contributed by atoms with Gasteiger partial charge in [-0.15, -0.1) is 0 Å². The predicted octanol–water partition coefficient (Wildman–Crippen LogP) is 2.55. The lowest BCUT2D eigenvalue weighted by Crippen LogP contribution is -2.11. The summed E-state index contributed by atoms with van der Waals surface area (Å²) in [6.07, 6.45) is 1.41. The number of carbonyl (C=O) groups is 1. The van der Waals surface area contributed by atoms with Crippen LogP contribution in [-0.2, 0) is 6.54 Å². The first kappa shape index (κ1) is 12.3. The lowest BCUT2D eigenvalue weighted by Gasteiger charge is -2.05. The summed E-state index contributed by atoms with van der Waals surface area (Å²) in [7, 11) is 0. The molecule has 0 spiro atoms. The summed E-state index contributed by atoms with van der Waals surface area (Å²) in [6.45, 7) is 2.22. The van der Waals surface area contributed by atoms with E-state index in [1.54, 1.807) is 6.92 Å². The Morgan fingerprint density at radius 2 is 1.89 bits per heavy atom. The Morgan fingerprint density at radius 3 is 2.44 bits per heavy atom. The van der Waals surface area contributed by atoms with Crippen LogP contribution in [0.2, 0.25) is 0 Å². The number of aromatic nitrogens is 2. The molecule has 2 aromatic rings. The Bertz CT molecular complexity index is 584. The molecule has 1 aromatic carbocycles. The van der Waals surface area contributed by atoms with Crippen LogP contribution < -0.4 is 0 Å². The highest BCUT2D eigenvalue weighted by Gasteiger charge is 2.18. The van der Waals surface area contributed by atoms with E-state index in [1.165, 1.54) is 16.9 Å². The van der Waals surface area contributed by atoms with Gasteiger partial charge in [-0.25, -0.2) is 13.2 Å². The molecule has 0 fully saturated rings. The molecule has 0 amide bonds. The summed E-state index contributed by atoms with van der Waals surface area (Å²) in [5.74, 6) is -4.97. The summed E-state index contributed by atoms with van der Waals surface area (Å²) in [5, 5.41) is 3.88. The summed E-state index contributed by atoms with van der Waals surface area (Å²) in [6, 6.07) is 2.78. The van der Waals surface area contributed by atoms with Gasteiger partial charge in [0, 0.05) is 18.3 Å². The van der Waals surface area contributed by atoms with Gasteiger partial charge >= 0.3 is 0 Å². The smallest absolute Gasteiger partial charge is 0.211 e. The van der Waals surface area contributed by atoms with E-state index < -0.39 is 23.2 Å². The molecule has 0 aliphatic carbocycles. The molecular formula is C12H9F3N2O. The molecule has 3 nitrogen and oxygen atoms in total. The molecule has 0 atom stereocenters. The number of carbonyl (C=O) groups excluding carboxylic acids is 1. The molecule has 0 radical (unpaired) electrons. The minimum atomic E-state index is -1.59. The molecule has 0 aliphatic rings. The van der Waals surface area contributed by atoms with E-state index >= 15 is 0 Å². The van der Waals surface area contributed by atoms with Gasteiger partial charge in [0.05, 0.1) is 0 Å². The molecule has 0 saturated heterocycles. The Morgan fingerprint density at radius 1 is 1.28 bits per heavy atom. The molecule has 1 heterocycles. The number of aryl methyl sites for hydroxylation is 1. The average Bonchev–Trinajstić information content (AvgIpc) is 2.82. The fourth-order valence-electron chi connectivity index (χ4n) is 1.61. The third kappa shape index (κ3) is 2.01. The Hall–Kier alpha value is -2.11. The molecule has 1 aromatic heterocycles. The molecule has 6 heteroatoms. The fourth-order valence-corrected chi connectivity index (χ4v) is 1.61. The molecule has 94 valence electrons. The normalized spacial score (nSPS) is 10.7. The van der Waals surface area contributed by atoms with Gasteiger partial charge in [0.2, 0.25) is 5.78 Å². The van der Waals surface area contributed by atoms with Gasteiger partial charge in [0.25, 0.3) is 0 Å². The van der Waals surface area contributed by atoms with Crippen LogP contribution in [0.25, 0.3) is 0 Å². The Kier molecular flexibility index (Phi) is 3.18. The van der Waals surface area contributed by atoms with Crippen molar-refractivity contribution in [2.75, 3.05) is 0 Å². The Balaban J connectivity index is 2.47. The predicted molar refractivity (Wildman–Crippen MR) is 57.6 cm³/mol. The fraction of sp³-hybridized carbons (Fsp3) is 0.167. The van der Waals surface area contributed by atoms with E-state index in [2.05, 4.69) is 5.10 Å². The maximum Gasteiger partial charge on any atom is 0.211 e. The molecule has 0 saturated carbocycles. The van der Waals surface area contributed by atoms with E-state index in [0.717, 1.165) is 0 Å². The first-order chi connectivity index (χ1) is 8.54. The van der Waals surface area contributed by atoms with E-state index in [-0.39, 0.29) is 11.3 Å². The van der Waals surface area contributed by atoms with Gasteiger partial charge in [-0.05, 0) is 25.1 Å². The maximum atomic E-state index is 13.0. The SMILES string of the molecule is CCn1nccc1C(=O)c1cc(F)c(F)c(F)c1. The topological polar surface area (TPSA) is 34.9 Å². The van der Waals surface area contributed by atoms with Crippen LogP contribution in [0.3, 0.4) is 0 Å². The highest BCUT2D eigenvalue weighted by molar-refractivity contribution is 6.07. The number of hydrogen-bond acceptors (Lipinski definition) is 2. The molecular weight excluding hydrogens is 245 g/mol. The van der Waals surface area contributed by atoms with Crippen LogP contribution in [0.15, 0.2) is 24.4 Å². The molecule has 2 rings (SSSR count). The van der Waals surface area contributed by atoms with Crippen molar-refractivity contribution in [1.29, 1.82) is 0 Å². The number of rotatable bonds is 3. The van der Waals surface area contributed by atoms with Crippen LogP contribution in [0, 0.1) is 17.5 Å². The standard InChI is InChI=1S/C12H9F3N2O/c1-2-17-10(3-4-16-17)12(18)7-5-8(13)11(15)9(14)6-7/h3-6H,2H2,1H3. The zero-order valence-corrected chi connectivity index (χ0v) is 9.45. The zero-order chi connectivity index (χ0) is 13.3. The van der Waals surface area contributed by atoms with Gasteiger partial charge in [0.15, 0.2) is 17.5 Å².